The lowest BCUT2D eigenvalue weighted by atomic mass is 10.1. The molecule has 0 bridgehead atoms. The van der Waals surface area contributed by atoms with E-state index in [9.17, 15) is 19.8 Å². The van der Waals surface area contributed by atoms with E-state index in [1.807, 2.05) is 43.4 Å². The Morgan fingerprint density at radius 2 is 1.48 bits per heavy atom. The predicted molar refractivity (Wildman–Crippen MR) is 83.6 cm³/mol. The van der Waals surface area contributed by atoms with Crippen LogP contribution in [-0.2, 0) is 0 Å². The van der Waals surface area contributed by atoms with Gasteiger partial charge in [0.1, 0.15) is 8.07 Å². The van der Waals surface area contributed by atoms with Crippen LogP contribution in [0.25, 0.3) is 0 Å². The normalized spacial score (nSPS) is 11.1. The highest BCUT2D eigenvalue weighted by Gasteiger charge is 2.32. The first-order chi connectivity index (χ1) is 9.85. The lowest BCUT2D eigenvalue weighted by molar-refractivity contribution is 0.0652. The Balaban J connectivity index is 2.72. The molecule has 0 radical (unpaired) electrons. The van der Waals surface area contributed by atoms with Crippen molar-refractivity contribution in [2.75, 3.05) is 0 Å². The molecule has 0 aromatic heterocycles. The molecule has 2 aromatic rings. The van der Waals surface area contributed by atoms with Gasteiger partial charge in [0, 0.05) is 0 Å². The minimum atomic E-state index is -2.28. The van der Waals surface area contributed by atoms with Gasteiger partial charge < -0.3 is 10.2 Å². The van der Waals surface area contributed by atoms with Gasteiger partial charge in [-0.25, -0.2) is 9.59 Å². The van der Waals surface area contributed by atoms with Crippen molar-refractivity contribution in [1.29, 1.82) is 0 Å². The van der Waals surface area contributed by atoms with Gasteiger partial charge in [-0.15, -0.1) is 0 Å². The Morgan fingerprint density at radius 1 is 0.857 bits per heavy atom. The minimum Gasteiger partial charge on any atom is -0.478 e. The standard InChI is InChI=1S/C16H16O4Si/c1-21(2,11-7-4-3-5-8-11)13-10-6-9-12(15(17)18)14(13)16(19)20/h3-10H,1-2H3,(H,17,18)(H,19,20). The molecule has 108 valence electrons. The van der Waals surface area contributed by atoms with E-state index in [-0.39, 0.29) is 11.1 Å². The maximum Gasteiger partial charge on any atom is 0.336 e. The molecule has 0 aliphatic rings. The van der Waals surface area contributed by atoms with Crippen LogP contribution < -0.4 is 10.4 Å². The van der Waals surface area contributed by atoms with Crippen molar-refractivity contribution in [1.82, 2.24) is 0 Å². The molecule has 4 nitrogen and oxygen atoms in total. The second kappa shape index (κ2) is 5.53. The third-order valence-electron chi connectivity index (χ3n) is 3.68. The summed E-state index contributed by atoms with van der Waals surface area (Å²) in [5.74, 6) is -2.41. The molecule has 0 unspecified atom stereocenters. The summed E-state index contributed by atoms with van der Waals surface area (Å²) in [6, 6.07) is 14.3. The summed E-state index contributed by atoms with van der Waals surface area (Å²) in [4.78, 5) is 22.9. The van der Waals surface area contributed by atoms with E-state index in [1.165, 1.54) is 6.07 Å². The molecule has 0 fully saturated rings. The maximum atomic E-state index is 11.6. The first-order valence-electron chi connectivity index (χ1n) is 6.51. The van der Waals surface area contributed by atoms with Crippen LogP contribution in [0.15, 0.2) is 48.5 Å². The lowest BCUT2D eigenvalue weighted by Gasteiger charge is -2.26. The van der Waals surface area contributed by atoms with E-state index in [0.29, 0.717) is 5.19 Å². The average molecular weight is 300 g/mol. The Morgan fingerprint density at radius 3 is 2.00 bits per heavy atom. The summed E-state index contributed by atoms with van der Waals surface area (Å²) in [5.41, 5.74) is -0.248. The molecule has 0 atom stereocenters. The van der Waals surface area contributed by atoms with Gasteiger partial charge >= 0.3 is 11.9 Å². The van der Waals surface area contributed by atoms with Gasteiger partial charge in [-0.05, 0) is 11.3 Å². The lowest BCUT2D eigenvalue weighted by Crippen LogP contribution is -2.55. The molecule has 2 aromatic carbocycles. The Hall–Kier alpha value is -2.40. The number of aromatic carboxylic acids is 2. The number of carboxylic acid groups (broad SMARTS) is 2. The first-order valence-corrected chi connectivity index (χ1v) is 9.51. The molecular formula is C16H16O4Si. The van der Waals surface area contributed by atoms with E-state index < -0.39 is 20.0 Å². The zero-order valence-electron chi connectivity index (χ0n) is 11.8. The van der Waals surface area contributed by atoms with E-state index in [4.69, 9.17) is 0 Å². The topological polar surface area (TPSA) is 74.6 Å². The number of hydrogen-bond donors (Lipinski definition) is 2. The molecule has 0 aliphatic heterocycles. The number of hydrogen-bond acceptors (Lipinski definition) is 2. The van der Waals surface area contributed by atoms with Crippen LogP contribution in [0.3, 0.4) is 0 Å². The van der Waals surface area contributed by atoms with Crippen molar-refractivity contribution in [2.45, 2.75) is 13.1 Å². The zero-order valence-corrected chi connectivity index (χ0v) is 12.8. The summed E-state index contributed by atoms with van der Waals surface area (Å²) in [5, 5.41) is 20.4. The Kier molecular flexibility index (Phi) is 3.95. The van der Waals surface area contributed by atoms with Gasteiger partial charge in [0.15, 0.2) is 0 Å². The van der Waals surface area contributed by atoms with Crippen molar-refractivity contribution in [2.24, 2.45) is 0 Å². The largest absolute Gasteiger partial charge is 0.478 e. The molecular weight excluding hydrogens is 284 g/mol. The van der Waals surface area contributed by atoms with Crippen LogP contribution in [0.5, 0.6) is 0 Å². The zero-order chi connectivity index (χ0) is 15.6. The summed E-state index contributed by atoms with van der Waals surface area (Å²) in [6.45, 7) is 4.05. The SMILES string of the molecule is C[Si](C)(c1ccccc1)c1cccc(C(=O)O)c1C(=O)O. The van der Waals surface area contributed by atoms with Crippen LogP contribution in [0.1, 0.15) is 20.7 Å². The molecule has 0 aliphatic carbocycles. The highest BCUT2D eigenvalue weighted by atomic mass is 28.3. The minimum absolute atomic E-state index is 0.0921. The summed E-state index contributed by atoms with van der Waals surface area (Å²) in [7, 11) is -2.28. The number of carbonyl (C=O) groups is 2. The van der Waals surface area contributed by atoms with Gasteiger partial charge in [0.2, 0.25) is 0 Å². The quantitative estimate of drug-likeness (QED) is 0.846. The maximum absolute atomic E-state index is 11.6. The van der Waals surface area contributed by atoms with Crippen LogP contribution >= 0.6 is 0 Å². The monoisotopic (exact) mass is 300 g/mol. The van der Waals surface area contributed by atoms with Crippen LogP contribution in [-0.4, -0.2) is 30.2 Å². The molecule has 0 heterocycles. The Bertz CT molecular complexity index is 693. The second-order valence-electron chi connectivity index (χ2n) is 5.33. The van der Waals surface area contributed by atoms with Crippen LogP contribution in [0.4, 0.5) is 0 Å². The van der Waals surface area contributed by atoms with Crippen molar-refractivity contribution >= 4 is 30.4 Å². The van der Waals surface area contributed by atoms with Gasteiger partial charge in [-0.1, -0.05) is 60.7 Å². The van der Waals surface area contributed by atoms with E-state index in [0.717, 1.165) is 5.19 Å². The van der Waals surface area contributed by atoms with Crippen molar-refractivity contribution in [3.05, 3.63) is 59.7 Å². The first kappa shape index (κ1) is 15.0. The van der Waals surface area contributed by atoms with Gasteiger partial charge in [0.05, 0.1) is 11.1 Å². The average Bonchev–Trinajstić information content (AvgIpc) is 2.47. The molecule has 0 spiro atoms. The third kappa shape index (κ3) is 2.73. The summed E-state index contributed by atoms with van der Waals surface area (Å²) < 4.78 is 0. The fraction of sp³-hybridized carbons (Fsp3) is 0.125. The summed E-state index contributed by atoms with van der Waals surface area (Å²) in [6.07, 6.45) is 0. The number of rotatable bonds is 4. The molecule has 21 heavy (non-hydrogen) atoms. The number of carboxylic acids is 2. The molecule has 0 saturated carbocycles. The van der Waals surface area contributed by atoms with Crippen LogP contribution in [0, 0.1) is 0 Å². The van der Waals surface area contributed by atoms with E-state index in [1.54, 1.807) is 12.1 Å². The molecule has 2 rings (SSSR count). The fourth-order valence-corrected chi connectivity index (χ4v) is 5.21. The highest BCUT2D eigenvalue weighted by Crippen LogP contribution is 2.13. The van der Waals surface area contributed by atoms with Crippen LogP contribution in [0.2, 0.25) is 13.1 Å². The molecule has 0 saturated heterocycles. The summed E-state index contributed by atoms with van der Waals surface area (Å²) >= 11 is 0. The van der Waals surface area contributed by atoms with Crippen molar-refractivity contribution < 1.29 is 19.8 Å². The molecule has 0 amide bonds. The van der Waals surface area contributed by atoms with E-state index in [2.05, 4.69) is 0 Å². The highest BCUT2D eigenvalue weighted by molar-refractivity contribution is 7.01. The third-order valence-corrected chi connectivity index (χ3v) is 7.22. The molecule has 5 heteroatoms. The Labute approximate surface area is 123 Å². The fourth-order valence-electron chi connectivity index (χ4n) is 2.49. The second-order valence-corrected chi connectivity index (χ2v) is 9.70. The van der Waals surface area contributed by atoms with E-state index >= 15 is 0 Å². The van der Waals surface area contributed by atoms with Gasteiger partial charge in [0.25, 0.3) is 0 Å². The van der Waals surface area contributed by atoms with Crippen molar-refractivity contribution in [3.63, 3.8) is 0 Å². The number of benzene rings is 2. The van der Waals surface area contributed by atoms with Gasteiger partial charge in [-0.3, -0.25) is 0 Å². The van der Waals surface area contributed by atoms with Gasteiger partial charge in [-0.2, -0.15) is 0 Å². The smallest absolute Gasteiger partial charge is 0.336 e. The predicted octanol–water partition coefficient (Wildman–Crippen LogP) is 1.91. The van der Waals surface area contributed by atoms with Crippen molar-refractivity contribution in [3.8, 4) is 0 Å². The molecule has 2 N–H and O–H groups in total.